The van der Waals surface area contributed by atoms with E-state index in [9.17, 15) is 0 Å². The minimum atomic E-state index is 0.0389. The highest BCUT2D eigenvalue weighted by atomic mass is 16.5. The lowest BCUT2D eigenvalue weighted by Crippen LogP contribution is -2.23. The predicted octanol–water partition coefficient (Wildman–Crippen LogP) is 2.65. The molecule has 0 spiro atoms. The Morgan fingerprint density at radius 3 is 2.95 bits per heavy atom. The molecule has 1 unspecified atom stereocenters. The fraction of sp³-hybridized carbons (Fsp3) is 0.800. The van der Waals surface area contributed by atoms with Crippen LogP contribution in [0.4, 0.5) is 0 Å². The van der Waals surface area contributed by atoms with Crippen LogP contribution >= 0.6 is 0 Å². The Bertz CT molecular complexity index is 412. The number of hydrogen-bond donors (Lipinski definition) is 1. The first-order valence-corrected chi connectivity index (χ1v) is 7.41. The molecule has 1 N–H and O–H groups in total. The molecule has 108 valence electrons. The third-order valence-electron chi connectivity index (χ3n) is 3.88. The van der Waals surface area contributed by atoms with E-state index in [0.717, 1.165) is 38.9 Å². The van der Waals surface area contributed by atoms with Crippen LogP contribution in [0.2, 0.25) is 0 Å². The van der Waals surface area contributed by atoms with Gasteiger partial charge < -0.3 is 10.1 Å². The summed E-state index contributed by atoms with van der Waals surface area (Å²) in [6, 6.07) is 0. The summed E-state index contributed by atoms with van der Waals surface area (Å²) in [4.78, 5) is 0. The number of hydrogen-bond acceptors (Lipinski definition) is 3. The van der Waals surface area contributed by atoms with Crippen molar-refractivity contribution < 1.29 is 4.74 Å². The molecule has 0 bridgehead atoms. The molecule has 1 saturated heterocycles. The maximum absolute atomic E-state index is 6.04. The molecule has 0 radical (unpaired) electrons. The van der Waals surface area contributed by atoms with Crippen LogP contribution in [0.1, 0.15) is 51.3 Å². The summed E-state index contributed by atoms with van der Waals surface area (Å²) in [7, 11) is 0. The third kappa shape index (κ3) is 3.80. The summed E-state index contributed by atoms with van der Waals surface area (Å²) in [5.74, 6) is 0. The topological polar surface area (TPSA) is 39.1 Å². The second kappa shape index (κ2) is 6.06. The number of nitrogens with one attached hydrogen (secondary N) is 1. The van der Waals surface area contributed by atoms with Gasteiger partial charge in [-0.15, -0.1) is 0 Å². The average molecular weight is 265 g/mol. The average Bonchev–Trinajstić information content (AvgIpc) is 2.86. The molecule has 0 aliphatic carbocycles. The van der Waals surface area contributed by atoms with Crippen molar-refractivity contribution in [3.8, 4) is 0 Å². The number of rotatable bonds is 6. The van der Waals surface area contributed by atoms with Crippen molar-refractivity contribution >= 4 is 0 Å². The minimum Gasteiger partial charge on any atom is -0.370 e. The Morgan fingerprint density at radius 1 is 1.53 bits per heavy atom. The predicted molar refractivity (Wildman–Crippen MR) is 77.1 cm³/mol. The molecule has 19 heavy (non-hydrogen) atoms. The van der Waals surface area contributed by atoms with E-state index in [4.69, 9.17) is 4.74 Å². The summed E-state index contributed by atoms with van der Waals surface area (Å²) in [5.41, 5.74) is 2.60. The van der Waals surface area contributed by atoms with Gasteiger partial charge in [-0.25, -0.2) is 0 Å². The second-order valence-electron chi connectivity index (χ2n) is 6.15. The van der Waals surface area contributed by atoms with E-state index in [-0.39, 0.29) is 5.60 Å². The van der Waals surface area contributed by atoms with Crippen molar-refractivity contribution in [2.24, 2.45) is 0 Å². The molecule has 1 atom stereocenters. The molecule has 1 fully saturated rings. The van der Waals surface area contributed by atoms with E-state index >= 15 is 0 Å². The zero-order valence-corrected chi connectivity index (χ0v) is 12.7. The fourth-order valence-electron chi connectivity index (χ4n) is 2.64. The highest BCUT2D eigenvalue weighted by molar-refractivity contribution is 5.15. The van der Waals surface area contributed by atoms with E-state index in [2.05, 4.69) is 42.8 Å². The van der Waals surface area contributed by atoms with Crippen LogP contribution in [0.25, 0.3) is 0 Å². The molecule has 4 heteroatoms. The van der Waals surface area contributed by atoms with Crippen molar-refractivity contribution in [2.45, 2.75) is 71.8 Å². The first kappa shape index (κ1) is 14.5. The van der Waals surface area contributed by atoms with Gasteiger partial charge in [0, 0.05) is 17.8 Å². The summed E-state index contributed by atoms with van der Waals surface area (Å²) in [5, 5.41) is 7.93. The highest BCUT2D eigenvalue weighted by Crippen LogP contribution is 2.30. The number of aromatic nitrogens is 2. The van der Waals surface area contributed by atoms with Crippen molar-refractivity contribution in [1.82, 2.24) is 15.1 Å². The van der Waals surface area contributed by atoms with Crippen LogP contribution in [0.5, 0.6) is 0 Å². The van der Waals surface area contributed by atoms with E-state index in [1.165, 1.54) is 11.3 Å². The highest BCUT2D eigenvalue weighted by Gasteiger charge is 2.32. The molecule has 0 aromatic carbocycles. The maximum atomic E-state index is 6.04. The van der Waals surface area contributed by atoms with E-state index in [0.29, 0.717) is 6.10 Å². The summed E-state index contributed by atoms with van der Waals surface area (Å²) >= 11 is 0. The molecule has 1 aromatic rings. The van der Waals surface area contributed by atoms with Crippen molar-refractivity contribution in [3.05, 3.63) is 17.5 Å². The Labute approximate surface area is 116 Å². The van der Waals surface area contributed by atoms with Crippen LogP contribution in [-0.4, -0.2) is 28.0 Å². The minimum absolute atomic E-state index is 0.0389. The molecule has 1 aromatic heterocycles. The molecule has 0 amide bonds. The van der Waals surface area contributed by atoms with Crippen LogP contribution in [0, 0.1) is 6.92 Å². The van der Waals surface area contributed by atoms with Gasteiger partial charge in [-0.3, -0.25) is 4.68 Å². The lowest BCUT2D eigenvalue weighted by atomic mass is 10.1. The summed E-state index contributed by atoms with van der Waals surface area (Å²) in [6.07, 6.45) is 5.74. The van der Waals surface area contributed by atoms with Gasteiger partial charge in [0.15, 0.2) is 0 Å². The molecule has 1 aliphatic rings. The largest absolute Gasteiger partial charge is 0.370 e. The van der Waals surface area contributed by atoms with Gasteiger partial charge in [0.25, 0.3) is 0 Å². The fourth-order valence-corrected chi connectivity index (χ4v) is 2.64. The van der Waals surface area contributed by atoms with Gasteiger partial charge in [0.2, 0.25) is 0 Å². The standard InChI is InChI=1S/C15H27N3O/c1-5-8-16-9-13-10-17-18(12(13)2)11-14-6-7-15(3,4)19-14/h10,14,16H,5-9,11H2,1-4H3. The quantitative estimate of drug-likeness (QED) is 0.804. The zero-order valence-electron chi connectivity index (χ0n) is 12.7. The Morgan fingerprint density at radius 2 is 2.32 bits per heavy atom. The monoisotopic (exact) mass is 265 g/mol. The van der Waals surface area contributed by atoms with Crippen LogP contribution in [-0.2, 0) is 17.8 Å². The van der Waals surface area contributed by atoms with Gasteiger partial charge in [0.05, 0.1) is 24.4 Å². The van der Waals surface area contributed by atoms with Crippen molar-refractivity contribution in [1.29, 1.82) is 0 Å². The van der Waals surface area contributed by atoms with E-state index < -0.39 is 0 Å². The van der Waals surface area contributed by atoms with Crippen molar-refractivity contribution in [2.75, 3.05) is 6.54 Å². The zero-order chi connectivity index (χ0) is 13.9. The molecule has 2 rings (SSSR count). The van der Waals surface area contributed by atoms with Crippen molar-refractivity contribution in [3.63, 3.8) is 0 Å². The Balaban J connectivity index is 1.91. The molecule has 0 saturated carbocycles. The first-order valence-electron chi connectivity index (χ1n) is 7.41. The van der Waals surface area contributed by atoms with E-state index in [1.54, 1.807) is 0 Å². The second-order valence-corrected chi connectivity index (χ2v) is 6.15. The van der Waals surface area contributed by atoms with Crippen LogP contribution in [0.15, 0.2) is 6.20 Å². The maximum Gasteiger partial charge on any atom is 0.0779 e. The van der Waals surface area contributed by atoms with Crippen LogP contribution in [0.3, 0.4) is 0 Å². The first-order chi connectivity index (χ1) is 9.02. The molecule has 2 heterocycles. The number of ether oxygens (including phenoxy) is 1. The smallest absolute Gasteiger partial charge is 0.0779 e. The van der Waals surface area contributed by atoms with Gasteiger partial charge >= 0.3 is 0 Å². The van der Waals surface area contributed by atoms with Gasteiger partial charge in [-0.05, 0) is 46.6 Å². The Kier molecular flexibility index (Phi) is 4.63. The van der Waals surface area contributed by atoms with Crippen LogP contribution < -0.4 is 5.32 Å². The molecule has 1 aliphatic heterocycles. The summed E-state index contributed by atoms with van der Waals surface area (Å²) < 4.78 is 8.13. The molecular formula is C15H27N3O. The normalized spacial score (nSPS) is 22.0. The summed E-state index contributed by atoms with van der Waals surface area (Å²) in [6.45, 7) is 11.5. The SMILES string of the molecule is CCCNCc1cnn(CC2CCC(C)(C)O2)c1C. The molecular weight excluding hydrogens is 238 g/mol. The van der Waals surface area contributed by atoms with Gasteiger partial charge in [-0.2, -0.15) is 5.10 Å². The Hall–Kier alpha value is -0.870. The van der Waals surface area contributed by atoms with Gasteiger partial charge in [0.1, 0.15) is 0 Å². The third-order valence-corrected chi connectivity index (χ3v) is 3.88. The lowest BCUT2D eigenvalue weighted by molar-refractivity contribution is -0.0232. The van der Waals surface area contributed by atoms with E-state index in [1.807, 2.05) is 6.20 Å². The van der Waals surface area contributed by atoms with Gasteiger partial charge in [-0.1, -0.05) is 6.92 Å². The number of nitrogens with zero attached hydrogens (tertiary/aromatic N) is 2. The molecule has 4 nitrogen and oxygen atoms in total. The lowest BCUT2D eigenvalue weighted by Gasteiger charge is -2.19.